The third kappa shape index (κ3) is 2.35. The van der Waals surface area contributed by atoms with Crippen molar-refractivity contribution in [2.45, 2.75) is 32.0 Å². The average molecular weight is 257 g/mol. The van der Waals surface area contributed by atoms with Gasteiger partial charge in [0.05, 0.1) is 24.0 Å². The molecule has 3 N–H and O–H groups in total. The van der Waals surface area contributed by atoms with Crippen LogP contribution in [0.5, 0.6) is 0 Å². The van der Waals surface area contributed by atoms with Gasteiger partial charge in [-0.3, -0.25) is 9.59 Å². The van der Waals surface area contributed by atoms with Gasteiger partial charge in [0.2, 0.25) is 5.91 Å². The van der Waals surface area contributed by atoms with E-state index in [-0.39, 0.29) is 24.9 Å². The molecule has 102 valence electrons. The molecule has 5 atom stereocenters. The summed E-state index contributed by atoms with van der Waals surface area (Å²) in [5.41, 5.74) is 0. The van der Waals surface area contributed by atoms with E-state index >= 15 is 0 Å². The van der Waals surface area contributed by atoms with E-state index < -0.39 is 30.0 Å². The topological polar surface area (TPSA) is 98.1 Å². The van der Waals surface area contributed by atoms with E-state index in [9.17, 15) is 19.8 Å². The Hall–Kier alpha value is -1.14. The second kappa shape index (κ2) is 4.85. The number of carbonyl (C=O) groups excluding carboxylic acids is 1. The number of aliphatic carboxylic acids is 1. The highest BCUT2D eigenvalue weighted by molar-refractivity contribution is 5.85. The number of hydrogen-bond donors (Lipinski definition) is 3. The van der Waals surface area contributed by atoms with Gasteiger partial charge in [0.25, 0.3) is 0 Å². The molecule has 0 aromatic carbocycles. The quantitative estimate of drug-likeness (QED) is 0.607. The number of nitrogens with zero attached hydrogens (tertiary/aromatic N) is 1. The van der Waals surface area contributed by atoms with E-state index in [1.807, 2.05) is 6.92 Å². The summed E-state index contributed by atoms with van der Waals surface area (Å²) in [4.78, 5) is 24.8. The first-order valence-electron chi connectivity index (χ1n) is 6.28. The molecule has 0 aromatic rings. The minimum absolute atomic E-state index is 0.0945. The van der Waals surface area contributed by atoms with E-state index in [1.54, 1.807) is 0 Å². The standard InChI is InChI=1S/C12H19NO5/c1-6-2-7(8(3-6)12(17)18)11(16)13-4-9(14)10(15)5-13/h6-10,14-15H,2-5H2,1H3,(H,17,18). The molecule has 2 rings (SSSR count). The lowest BCUT2D eigenvalue weighted by Crippen LogP contribution is -2.38. The van der Waals surface area contributed by atoms with Crippen LogP contribution in [0.3, 0.4) is 0 Å². The third-order valence-corrected chi connectivity index (χ3v) is 4.00. The molecule has 1 amide bonds. The van der Waals surface area contributed by atoms with Gasteiger partial charge in [-0.2, -0.15) is 0 Å². The van der Waals surface area contributed by atoms with Gasteiger partial charge in [-0.15, -0.1) is 0 Å². The molecular formula is C12H19NO5. The van der Waals surface area contributed by atoms with Gasteiger partial charge < -0.3 is 20.2 Å². The molecule has 6 heteroatoms. The van der Waals surface area contributed by atoms with Crippen LogP contribution in [0.2, 0.25) is 0 Å². The Balaban J connectivity index is 2.06. The van der Waals surface area contributed by atoms with Crippen LogP contribution in [-0.2, 0) is 9.59 Å². The van der Waals surface area contributed by atoms with Gasteiger partial charge in [0.15, 0.2) is 0 Å². The number of β-amino-alcohol motifs (C(OH)–C–C–N with tert-alkyl or cyclic N) is 2. The normalized spacial score (nSPS) is 40.2. The molecule has 0 aromatic heterocycles. The van der Waals surface area contributed by atoms with Crippen LogP contribution in [-0.4, -0.2) is 57.4 Å². The van der Waals surface area contributed by atoms with Crippen molar-refractivity contribution >= 4 is 11.9 Å². The number of carboxylic acids is 1. The summed E-state index contributed by atoms with van der Waals surface area (Å²) in [6, 6.07) is 0. The first-order valence-corrected chi connectivity index (χ1v) is 6.28. The third-order valence-electron chi connectivity index (χ3n) is 4.00. The molecule has 2 fully saturated rings. The number of carboxylic acid groups (broad SMARTS) is 1. The molecule has 6 nitrogen and oxygen atoms in total. The molecular weight excluding hydrogens is 238 g/mol. The number of rotatable bonds is 2. The first kappa shape index (κ1) is 13.3. The SMILES string of the molecule is CC1CC(C(=O)O)C(C(=O)N2CC(O)C(O)C2)C1. The van der Waals surface area contributed by atoms with Crippen LogP contribution >= 0.6 is 0 Å². The molecule has 1 aliphatic heterocycles. The van der Waals surface area contributed by atoms with Crippen molar-refractivity contribution < 1.29 is 24.9 Å². The van der Waals surface area contributed by atoms with E-state index in [2.05, 4.69) is 0 Å². The Morgan fingerprint density at radius 1 is 1.06 bits per heavy atom. The first-order chi connectivity index (χ1) is 8.40. The van der Waals surface area contributed by atoms with Crippen LogP contribution in [0.1, 0.15) is 19.8 Å². The maximum atomic E-state index is 12.2. The second-order valence-electron chi connectivity index (χ2n) is 5.51. The van der Waals surface area contributed by atoms with Crippen molar-refractivity contribution in [2.75, 3.05) is 13.1 Å². The number of aliphatic hydroxyl groups excluding tert-OH is 2. The lowest BCUT2D eigenvalue weighted by molar-refractivity contribution is -0.148. The van der Waals surface area contributed by atoms with Crippen molar-refractivity contribution in [3.05, 3.63) is 0 Å². The number of hydrogen-bond acceptors (Lipinski definition) is 4. The smallest absolute Gasteiger partial charge is 0.307 e. The van der Waals surface area contributed by atoms with Gasteiger partial charge in [-0.1, -0.05) is 6.92 Å². The van der Waals surface area contributed by atoms with Crippen molar-refractivity contribution in [1.29, 1.82) is 0 Å². The van der Waals surface area contributed by atoms with Gasteiger partial charge in [-0.05, 0) is 18.8 Å². The van der Waals surface area contributed by atoms with Crippen molar-refractivity contribution in [3.63, 3.8) is 0 Å². The zero-order valence-corrected chi connectivity index (χ0v) is 10.3. The predicted molar refractivity (Wildman–Crippen MR) is 61.6 cm³/mol. The van der Waals surface area contributed by atoms with Crippen LogP contribution in [0.15, 0.2) is 0 Å². The average Bonchev–Trinajstić information content (AvgIpc) is 2.82. The second-order valence-corrected chi connectivity index (χ2v) is 5.51. The van der Waals surface area contributed by atoms with Crippen molar-refractivity contribution in [2.24, 2.45) is 17.8 Å². The van der Waals surface area contributed by atoms with E-state index in [4.69, 9.17) is 5.11 Å². The number of likely N-dealkylation sites (tertiary alicyclic amines) is 1. The summed E-state index contributed by atoms with van der Waals surface area (Å²) < 4.78 is 0. The highest BCUT2D eigenvalue weighted by atomic mass is 16.4. The Kier molecular flexibility index (Phi) is 3.59. The minimum atomic E-state index is -0.932. The maximum Gasteiger partial charge on any atom is 0.307 e. The fourth-order valence-corrected chi connectivity index (χ4v) is 3.02. The molecule has 1 aliphatic carbocycles. The zero-order valence-electron chi connectivity index (χ0n) is 10.3. The minimum Gasteiger partial charge on any atom is -0.481 e. The predicted octanol–water partition coefficient (Wildman–Crippen LogP) is -0.703. The molecule has 1 saturated heterocycles. The Bertz CT molecular complexity index is 348. The number of amides is 1. The van der Waals surface area contributed by atoms with E-state index in [1.165, 1.54) is 4.90 Å². The lowest BCUT2D eigenvalue weighted by atomic mass is 9.95. The molecule has 2 aliphatic rings. The summed E-state index contributed by atoms with van der Waals surface area (Å²) in [5, 5.41) is 28.0. The maximum absolute atomic E-state index is 12.2. The number of carbonyl (C=O) groups is 2. The van der Waals surface area contributed by atoms with Crippen LogP contribution in [0.4, 0.5) is 0 Å². The molecule has 1 heterocycles. The van der Waals surface area contributed by atoms with Crippen LogP contribution < -0.4 is 0 Å². The van der Waals surface area contributed by atoms with Crippen molar-refractivity contribution in [3.8, 4) is 0 Å². The summed E-state index contributed by atoms with van der Waals surface area (Å²) in [6.45, 7) is 2.13. The molecule has 5 unspecified atom stereocenters. The fourth-order valence-electron chi connectivity index (χ4n) is 3.02. The zero-order chi connectivity index (χ0) is 13.4. The lowest BCUT2D eigenvalue weighted by Gasteiger charge is -2.22. The van der Waals surface area contributed by atoms with E-state index in [0.29, 0.717) is 12.8 Å². The summed E-state index contributed by atoms with van der Waals surface area (Å²) in [5.74, 6) is -2.12. The Labute approximate surface area is 105 Å². The molecule has 0 bridgehead atoms. The highest BCUT2D eigenvalue weighted by Gasteiger charge is 2.45. The van der Waals surface area contributed by atoms with Crippen LogP contribution in [0, 0.1) is 17.8 Å². The van der Waals surface area contributed by atoms with Gasteiger partial charge in [0, 0.05) is 13.1 Å². The van der Waals surface area contributed by atoms with Gasteiger partial charge in [-0.25, -0.2) is 0 Å². The highest BCUT2D eigenvalue weighted by Crippen LogP contribution is 2.38. The fraction of sp³-hybridized carbons (Fsp3) is 0.833. The summed E-state index contributed by atoms with van der Waals surface area (Å²) >= 11 is 0. The summed E-state index contributed by atoms with van der Waals surface area (Å²) in [7, 11) is 0. The monoisotopic (exact) mass is 257 g/mol. The summed E-state index contributed by atoms with van der Waals surface area (Å²) in [6.07, 6.45) is -0.754. The van der Waals surface area contributed by atoms with Crippen LogP contribution in [0.25, 0.3) is 0 Å². The van der Waals surface area contributed by atoms with E-state index in [0.717, 1.165) is 0 Å². The van der Waals surface area contributed by atoms with Gasteiger partial charge >= 0.3 is 5.97 Å². The Morgan fingerprint density at radius 3 is 2.06 bits per heavy atom. The van der Waals surface area contributed by atoms with Crippen molar-refractivity contribution in [1.82, 2.24) is 4.90 Å². The molecule has 0 spiro atoms. The van der Waals surface area contributed by atoms with Gasteiger partial charge in [0.1, 0.15) is 0 Å². The molecule has 18 heavy (non-hydrogen) atoms. The Morgan fingerprint density at radius 2 is 1.56 bits per heavy atom. The number of aliphatic hydroxyl groups is 2. The molecule has 1 saturated carbocycles. The molecule has 0 radical (unpaired) electrons. The largest absolute Gasteiger partial charge is 0.481 e.